The molecule has 4 nitrogen and oxygen atoms in total. The molecule has 0 spiro atoms. The van der Waals surface area contributed by atoms with Crippen LogP contribution in [-0.2, 0) is 0 Å². The molecule has 0 radical (unpaired) electrons. The molecule has 0 bridgehead atoms. The van der Waals surface area contributed by atoms with Gasteiger partial charge in [-0.25, -0.2) is 0 Å². The van der Waals surface area contributed by atoms with Crippen molar-refractivity contribution >= 4 is 0 Å². The van der Waals surface area contributed by atoms with E-state index in [0.29, 0.717) is 22.3 Å². The highest BCUT2D eigenvalue weighted by atomic mass is 19.2. The van der Waals surface area contributed by atoms with Gasteiger partial charge in [0.15, 0.2) is 0 Å². The maximum absolute atomic E-state index is 14.7. The summed E-state index contributed by atoms with van der Waals surface area (Å²) < 4.78 is 113. The molecule has 13 rings (SSSR count). The summed E-state index contributed by atoms with van der Waals surface area (Å²) >= 11 is 0. The van der Waals surface area contributed by atoms with Crippen LogP contribution in [0, 0.1) is 47.6 Å². The molecule has 0 saturated carbocycles. The van der Waals surface area contributed by atoms with E-state index < -0.39 is 47.6 Å². The lowest BCUT2D eigenvalue weighted by molar-refractivity contribution is 0.514. The molecule has 0 aliphatic carbocycles. The minimum atomic E-state index is -0.897. The lowest BCUT2D eigenvalue weighted by atomic mass is 9.84. The van der Waals surface area contributed by atoms with Crippen LogP contribution in [0.25, 0.3) is 134 Å². The first-order valence-corrected chi connectivity index (χ1v) is 27.2. The van der Waals surface area contributed by atoms with Gasteiger partial charge >= 0.3 is 0 Å². The molecule has 4 aromatic heterocycles. The van der Waals surface area contributed by atoms with E-state index in [-0.39, 0.29) is 22.3 Å². The first kappa shape index (κ1) is 54.3. The lowest BCUT2D eigenvalue weighted by Crippen LogP contribution is -1.94. The molecule has 13 aromatic rings. The van der Waals surface area contributed by atoms with Crippen LogP contribution in [0.4, 0.5) is 35.1 Å². The zero-order chi connectivity index (χ0) is 59.0. The zero-order valence-electron chi connectivity index (χ0n) is 45.1. The Balaban J connectivity index is 0.908. The predicted molar refractivity (Wildman–Crippen MR) is 323 cm³/mol. The quantitative estimate of drug-likeness (QED) is 0.0904. The minimum Gasteiger partial charge on any atom is -0.190 e. The molecule has 9 aromatic carbocycles. The highest BCUT2D eigenvalue weighted by Gasteiger charge is 2.19. The maximum atomic E-state index is 14.7. The molecule has 0 amide bonds. The van der Waals surface area contributed by atoms with Gasteiger partial charge in [-0.1, -0.05) is 194 Å². The zero-order valence-corrected chi connectivity index (χ0v) is 45.1. The first-order valence-electron chi connectivity index (χ1n) is 27.2. The van der Waals surface area contributed by atoms with E-state index in [0.717, 1.165) is 113 Å². The van der Waals surface area contributed by atoms with Crippen LogP contribution < -0.4 is 0 Å². The van der Waals surface area contributed by atoms with Gasteiger partial charge in [0, 0.05) is 22.3 Å². The number of hydrogen-bond donors (Lipinski definition) is 0. The second-order valence-corrected chi connectivity index (χ2v) is 20.5. The third-order valence-corrected chi connectivity index (χ3v) is 15.3. The molecule has 0 unspecified atom stereocenters. The van der Waals surface area contributed by atoms with Crippen molar-refractivity contribution < 1.29 is 35.1 Å². The average molecular weight is 1140 g/mol. The monoisotopic (exact) mass is 1140 g/mol. The Bertz CT molecular complexity index is 4060. The minimum absolute atomic E-state index is 0.187. The lowest BCUT2D eigenvalue weighted by Gasteiger charge is -2.19. The molecule has 0 aliphatic heterocycles. The van der Waals surface area contributed by atoms with Gasteiger partial charge in [-0.05, 0) is 172 Å². The Labute approximate surface area is 488 Å². The van der Waals surface area contributed by atoms with E-state index in [1.807, 2.05) is 97.1 Å². The van der Waals surface area contributed by atoms with Crippen molar-refractivity contribution in [3.8, 4) is 134 Å². The number of benzene rings is 9. The van der Waals surface area contributed by atoms with Gasteiger partial charge in [-0.3, -0.25) is 0 Å². The van der Waals surface area contributed by atoms with Crippen molar-refractivity contribution in [3.63, 3.8) is 0 Å². The van der Waals surface area contributed by atoms with Crippen LogP contribution in [0.15, 0.2) is 255 Å². The molecule has 0 N–H and O–H groups in total. The van der Waals surface area contributed by atoms with E-state index in [1.54, 1.807) is 48.5 Å². The van der Waals surface area contributed by atoms with Gasteiger partial charge in [0.05, 0.1) is 0 Å². The van der Waals surface area contributed by atoms with Crippen molar-refractivity contribution in [2.24, 2.45) is 0 Å². The Morgan fingerprint density at radius 1 is 0.140 bits per heavy atom. The largest absolute Gasteiger partial charge is 0.223 e. The molecule has 0 saturated heterocycles. The number of nitrogens with zero attached hydrogens (tertiary/aromatic N) is 4. The van der Waals surface area contributed by atoms with Crippen molar-refractivity contribution in [2.75, 3.05) is 0 Å². The molecule has 0 aliphatic rings. The van der Waals surface area contributed by atoms with Crippen LogP contribution in [0.5, 0.6) is 0 Å². The summed E-state index contributed by atoms with van der Waals surface area (Å²) in [6.45, 7) is 0. The molecule has 86 heavy (non-hydrogen) atoms. The summed E-state index contributed by atoms with van der Waals surface area (Å²) in [5.74, 6) is -7.17. The molecule has 0 fully saturated rings. The van der Waals surface area contributed by atoms with E-state index in [9.17, 15) is 35.1 Å². The fourth-order valence-electron chi connectivity index (χ4n) is 10.8. The summed E-state index contributed by atoms with van der Waals surface area (Å²) in [7, 11) is 0. The van der Waals surface area contributed by atoms with Crippen LogP contribution in [0.2, 0.25) is 0 Å². The second kappa shape index (κ2) is 23.0. The standard InChI is InChI=1S/C74H42F8N4/c75-67-37-33-59(71(79)83-67)51-17-1-43(2-18-51)47-9-25-55(26-10-47)63-41-65(57-29-13-49(14-30-57)45-5-21-53(22-6-45)61-35-39-69(77)85-73(61)81)66(58-31-15-50(16-32-58)46-7-23-54(24-8-46)62-36-40-70(78)86-74(62)82)42-64(63)56-27-11-48(12-28-56)44-3-19-52(20-4-44)60-34-38-68(76)84-72(60)80/h1-42H. The van der Waals surface area contributed by atoms with Crippen molar-refractivity contribution in [3.05, 3.63) is 302 Å². The fourth-order valence-corrected chi connectivity index (χ4v) is 10.8. The molecule has 0 atom stereocenters. The highest BCUT2D eigenvalue weighted by Crippen LogP contribution is 2.44. The smallest absolute Gasteiger partial charge is 0.190 e. The van der Waals surface area contributed by atoms with Gasteiger partial charge in [0.25, 0.3) is 0 Å². The number of hydrogen-bond acceptors (Lipinski definition) is 4. The first-order chi connectivity index (χ1) is 41.8. The second-order valence-electron chi connectivity index (χ2n) is 20.5. The van der Waals surface area contributed by atoms with Crippen LogP contribution in [0.3, 0.4) is 0 Å². The van der Waals surface area contributed by atoms with Crippen molar-refractivity contribution in [1.82, 2.24) is 19.9 Å². The molecule has 12 heteroatoms. The van der Waals surface area contributed by atoms with Gasteiger partial charge in [0.1, 0.15) is 0 Å². The predicted octanol–water partition coefficient (Wildman–Crippen LogP) is 20.4. The van der Waals surface area contributed by atoms with Gasteiger partial charge < -0.3 is 0 Å². The third-order valence-electron chi connectivity index (χ3n) is 15.3. The topological polar surface area (TPSA) is 51.6 Å². The van der Waals surface area contributed by atoms with Gasteiger partial charge in [0.2, 0.25) is 47.6 Å². The SMILES string of the molecule is Fc1ccc(-c2ccc(-c3ccc(-c4cc(-c5ccc(-c6ccc(-c7ccc(F)nc7F)cc6)cc5)c(-c5ccc(-c6ccc(-c7ccc(F)nc7F)cc6)cc5)cc4-c4ccc(-c5ccc(-c6ccc(F)nc6F)cc5)cc4)cc3)cc2)c(F)n1. The maximum Gasteiger partial charge on any atom is 0.223 e. The van der Waals surface area contributed by atoms with E-state index in [2.05, 4.69) is 80.6 Å². The Morgan fingerprint density at radius 3 is 0.407 bits per heavy atom. The Morgan fingerprint density at radius 2 is 0.267 bits per heavy atom. The normalized spacial score (nSPS) is 11.3. The van der Waals surface area contributed by atoms with Crippen LogP contribution in [-0.4, -0.2) is 19.9 Å². The van der Waals surface area contributed by atoms with E-state index in [1.165, 1.54) is 24.3 Å². The number of pyridine rings is 4. The van der Waals surface area contributed by atoms with Gasteiger partial charge in [-0.15, -0.1) is 0 Å². The molecule has 4 heterocycles. The van der Waals surface area contributed by atoms with Crippen LogP contribution >= 0.6 is 0 Å². The molecule has 414 valence electrons. The van der Waals surface area contributed by atoms with Crippen molar-refractivity contribution in [2.45, 2.75) is 0 Å². The van der Waals surface area contributed by atoms with E-state index >= 15 is 0 Å². The highest BCUT2D eigenvalue weighted by molar-refractivity contribution is 5.96. The number of halogens is 8. The summed E-state index contributed by atoms with van der Waals surface area (Å²) in [5.41, 5.74) is 17.4. The Hall–Kier alpha value is -11.0. The van der Waals surface area contributed by atoms with Crippen LogP contribution in [0.1, 0.15) is 0 Å². The fraction of sp³-hybridized carbons (Fsp3) is 0. The number of rotatable bonds is 12. The summed E-state index contributed by atoms with van der Waals surface area (Å²) in [6.07, 6.45) is 0. The summed E-state index contributed by atoms with van der Waals surface area (Å²) in [6, 6.07) is 76.3. The third kappa shape index (κ3) is 11.1. The van der Waals surface area contributed by atoms with Crippen molar-refractivity contribution in [1.29, 1.82) is 0 Å². The Kier molecular flexibility index (Phi) is 14.5. The summed E-state index contributed by atoms with van der Waals surface area (Å²) in [5, 5.41) is 0. The molecular formula is C74H42F8N4. The summed E-state index contributed by atoms with van der Waals surface area (Å²) in [4.78, 5) is 13.4. The van der Waals surface area contributed by atoms with E-state index in [4.69, 9.17) is 0 Å². The number of aromatic nitrogens is 4. The van der Waals surface area contributed by atoms with Gasteiger partial charge in [-0.2, -0.15) is 55.1 Å². The molecular weight excluding hydrogens is 1100 g/mol. The average Bonchev–Trinajstić information content (AvgIpc) is 1.50.